The Bertz CT molecular complexity index is 480. The summed E-state index contributed by atoms with van der Waals surface area (Å²) in [4.78, 5) is 14.9. The lowest BCUT2D eigenvalue weighted by atomic mass is 9.71. The van der Waals surface area contributed by atoms with E-state index in [2.05, 4.69) is 6.08 Å². The number of carbonyl (C=O) groups is 1. The highest BCUT2D eigenvalue weighted by atomic mass is 16.7. The summed E-state index contributed by atoms with van der Waals surface area (Å²) >= 11 is 0. The molecule has 26 heavy (non-hydrogen) atoms. The van der Waals surface area contributed by atoms with E-state index in [0.717, 1.165) is 38.8 Å². The number of amides is 1. The molecule has 3 atom stereocenters. The molecule has 3 aliphatic rings. The summed E-state index contributed by atoms with van der Waals surface area (Å²) in [6, 6.07) is 0. The predicted molar refractivity (Wildman–Crippen MR) is 100 cm³/mol. The molecule has 5 heteroatoms. The number of likely N-dealkylation sites (tertiary alicyclic amines) is 1. The monoisotopic (exact) mass is 365 g/mol. The third-order valence-corrected chi connectivity index (χ3v) is 6.26. The van der Waals surface area contributed by atoms with Crippen LogP contribution < -0.4 is 0 Å². The fraction of sp³-hybridized carbons (Fsp3) is 0.857. The van der Waals surface area contributed by atoms with Gasteiger partial charge in [0, 0.05) is 32.2 Å². The van der Waals surface area contributed by atoms with Crippen LogP contribution in [0.4, 0.5) is 0 Å². The van der Waals surface area contributed by atoms with E-state index in [0.29, 0.717) is 24.2 Å². The molecule has 0 spiro atoms. The van der Waals surface area contributed by atoms with Crippen molar-refractivity contribution in [3.05, 3.63) is 11.8 Å². The first-order chi connectivity index (χ1) is 12.7. The molecule has 0 radical (unpaired) electrons. The maximum atomic E-state index is 12.9. The number of ether oxygens (including phenoxy) is 2. The normalized spacial score (nSPS) is 30.2. The van der Waals surface area contributed by atoms with E-state index in [9.17, 15) is 9.90 Å². The summed E-state index contributed by atoms with van der Waals surface area (Å²) in [6.07, 6.45) is 11.9. The third kappa shape index (κ3) is 4.61. The van der Waals surface area contributed by atoms with Crippen LogP contribution in [0, 0.1) is 17.8 Å². The summed E-state index contributed by atoms with van der Waals surface area (Å²) in [5.74, 6) is 1.67. The second-order valence-corrected chi connectivity index (χ2v) is 7.98. The average Bonchev–Trinajstić information content (AvgIpc) is 3.21. The second-order valence-electron chi connectivity index (χ2n) is 7.98. The fourth-order valence-corrected chi connectivity index (χ4v) is 4.91. The van der Waals surface area contributed by atoms with Crippen LogP contribution in [-0.2, 0) is 14.3 Å². The van der Waals surface area contributed by atoms with Crippen molar-refractivity contribution < 1.29 is 19.4 Å². The van der Waals surface area contributed by atoms with Crippen molar-refractivity contribution in [1.29, 1.82) is 0 Å². The first kappa shape index (κ1) is 19.7. The fourth-order valence-electron chi connectivity index (χ4n) is 4.91. The van der Waals surface area contributed by atoms with Crippen LogP contribution in [-0.4, -0.2) is 48.5 Å². The summed E-state index contributed by atoms with van der Waals surface area (Å²) in [7, 11) is 0. The molecule has 1 saturated heterocycles. The summed E-state index contributed by atoms with van der Waals surface area (Å²) in [5.41, 5.74) is 0. The Morgan fingerprint density at radius 1 is 1.23 bits per heavy atom. The van der Waals surface area contributed by atoms with Crippen LogP contribution in [0.1, 0.15) is 64.7 Å². The summed E-state index contributed by atoms with van der Waals surface area (Å²) in [5, 5.41) is 9.34. The van der Waals surface area contributed by atoms with Gasteiger partial charge in [-0.1, -0.05) is 19.3 Å². The molecule has 148 valence electrons. The van der Waals surface area contributed by atoms with Gasteiger partial charge in [-0.05, 0) is 63.4 Å². The number of aliphatic hydroxyl groups is 1. The van der Waals surface area contributed by atoms with Gasteiger partial charge in [-0.3, -0.25) is 4.79 Å². The van der Waals surface area contributed by atoms with Crippen LogP contribution in [0.2, 0.25) is 0 Å². The zero-order valence-corrected chi connectivity index (χ0v) is 16.2. The molecule has 0 bridgehead atoms. The zero-order chi connectivity index (χ0) is 18.4. The lowest BCUT2D eigenvalue weighted by Gasteiger charge is -2.41. The number of hydrogen-bond acceptors (Lipinski definition) is 4. The maximum absolute atomic E-state index is 12.9. The highest BCUT2D eigenvalue weighted by Crippen LogP contribution is 2.42. The van der Waals surface area contributed by atoms with E-state index in [1.54, 1.807) is 0 Å². The van der Waals surface area contributed by atoms with Crippen LogP contribution in [0.5, 0.6) is 0 Å². The number of rotatable bonds is 7. The molecule has 3 rings (SSSR count). The van der Waals surface area contributed by atoms with E-state index < -0.39 is 0 Å². The van der Waals surface area contributed by atoms with Gasteiger partial charge in [0.1, 0.15) is 0 Å². The number of nitrogens with zero attached hydrogens (tertiary/aromatic N) is 1. The van der Waals surface area contributed by atoms with Gasteiger partial charge in [0.05, 0.1) is 0 Å². The molecule has 2 fully saturated rings. The topological polar surface area (TPSA) is 59.0 Å². The lowest BCUT2D eigenvalue weighted by molar-refractivity contribution is -0.179. The van der Waals surface area contributed by atoms with Gasteiger partial charge in [-0.25, -0.2) is 0 Å². The van der Waals surface area contributed by atoms with Crippen LogP contribution >= 0.6 is 0 Å². The molecule has 2 aliphatic heterocycles. The molecule has 2 heterocycles. The van der Waals surface area contributed by atoms with Gasteiger partial charge in [0.2, 0.25) is 6.29 Å². The Hall–Kier alpha value is -1.07. The van der Waals surface area contributed by atoms with Gasteiger partial charge < -0.3 is 19.5 Å². The summed E-state index contributed by atoms with van der Waals surface area (Å²) in [6.45, 7) is 4.41. The van der Waals surface area contributed by atoms with E-state index >= 15 is 0 Å². The molecule has 0 aromatic rings. The van der Waals surface area contributed by atoms with Gasteiger partial charge in [0.25, 0.3) is 5.91 Å². The van der Waals surface area contributed by atoms with Crippen molar-refractivity contribution in [1.82, 2.24) is 4.90 Å². The number of aliphatic hydroxyl groups excluding tert-OH is 1. The average molecular weight is 366 g/mol. The van der Waals surface area contributed by atoms with E-state index in [4.69, 9.17) is 9.47 Å². The van der Waals surface area contributed by atoms with E-state index in [1.165, 1.54) is 32.1 Å². The molecule has 0 unspecified atom stereocenters. The van der Waals surface area contributed by atoms with Gasteiger partial charge >= 0.3 is 0 Å². The minimum atomic E-state index is -0.370. The molecule has 0 aromatic heterocycles. The molecule has 1 amide bonds. The predicted octanol–water partition coefficient (Wildman–Crippen LogP) is 3.47. The zero-order valence-electron chi connectivity index (χ0n) is 16.2. The molecule has 1 N–H and O–H groups in total. The minimum Gasteiger partial charge on any atom is -0.459 e. The summed E-state index contributed by atoms with van der Waals surface area (Å²) < 4.78 is 12.0. The van der Waals surface area contributed by atoms with Gasteiger partial charge in [0.15, 0.2) is 5.76 Å². The smallest absolute Gasteiger partial charge is 0.288 e. The molecule has 1 saturated carbocycles. The molecule has 5 nitrogen and oxygen atoms in total. The number of allylic oxidation sites excluding steroid dienone is 1. The maximum Gasteiger partial charge on any atom is 0.288 e. The Labute approximate surface area is 157 Å². The van der Waals surface area contributed by atoms with Crippen molar-refractivity contribution in [2.75, 3.05) is 26.3 Å². The van der Waals surface area contributed by atoms with Crippen molar-refractivity contribution in [2.45, 2.75) is 71.0 Å². The SMILES string of the molecule is CCO[C@H]1OC(C(=O)N2CCCC2)=C[C@@H](C2CCCCC2)[C@H]1CCCO. The molecular weight excluding hydrogens is 330 g/mol. The highest BCUT2D eigenvalue weighted by molar-refractivity contribution is 5.91. The Balaban J connectivity index is 1.83. The van der Waals surface area contributed by atoms with Crippen LogP contribution in [0.3, 0.4) is 0 Å². The number of hydrogen-bond donors (Lipinski definition) is 1. The molecule has 0 aromatic carbocycles. The van der Waals surface area contributed by atoms with Crippen molar-refractivity contribution in [3.8, 4) is 0 Å². The third-order valence-electron chi connectivity index (χ3n) is 6.26. The first-order valence-corrected chi connectivity index (χ1v) is 10.6. The van der Waals surface area contributed by atoms with Gasteiger partial charge in [-0.2, -0.15) is 0 Å². The van der Waals surface area contributed by atoms with Crippen LogP contribution in [0.25, 0.3) is 0 Å². The second kappa shape index (κ2) is 9.75. The lowest BCUT2D eigenvalue weighted by Crippen LogP contribution is -2.42. The van der Waals surface area contributed by atoms with E-state index in [-0.39, 0.29) is 24.7 Å². The Morgan fingerprint density at radius 2 is 1.96 bits per heavy atom. The van der Waals surface area contributed by atoms with Crippen LogP contribution in [0.15, 0.2) is 11.8 Å². The quantitative estimate of drug-likeness (QED) is 0.750. The number of carbonyl (C=O) groups excluding carboxylic acids is 1. The Morgan fingerprint density at radius 3 is 2.62 bits per heavy atom. The standard InChI is InChI=1S/C21H35NO4/c1-2-25-21-17(11-8-14-23)18(16-9-4-3-5-10-16)15-19(26-21)20(24)22-12-6-7-13-22/h15-18,21,23H,2-14H2,1H3/t17-,18+,21+/m1/s1. The highest BCUT2D eigenvalue weighted by Gasteiger charge is 2.41. The first-order valence-electron chi connectivity index (χ1n) is 10.6. The van der Waals surface area contributed by atoms with Gasteiger partial charge in [-0.15, -0.1) is 0 Å². The minimum absolute atomic E-state index is 0.0358. The largest absolute Gasteiger partial charge is 0.459 e. The van der Waals surface area contributed by atoms with E-state index in [1.807, 2.05) is 11.8 Å². The molecule has 1 aliphatic carbocycles. The van der Waals surface area contributed by atoms with Crippen molar-refractivity contribution in [3.63, 3.8) is 0 Å². The van der Waals surface area contributed by atoms with Crippen molar-refractivity contribution in [2.24, 2.45) is 17.8 Å². The molecular formula is C21H35NO4. The van der Waals surface area contributed by atoms with Crippen molar-refractivity contribution >= 4 is 5.91 Å². The Kier molecular flexibility index (Phi) is 7.38.